The first kappa shape index (κ1) is 13.4. The molecule has 0 saturated heterocycles. The lowest BCUT2D eigenvalue weighted by Crippen LogP contribution is -2.52. The van der Waals surface area contributed by atoms with Crippen LogP contribution >= 0.6 is 0 Å². The number of hydrogen-bond donors (Lipinski definition) is 1. The standard InChI is InChI=1S/C16H31N/c1-4-14-5-7-15(8-6-14)16(17)10-9-12(2)13(3)11-16/h12-15H,4-11,17H2,1-3H3. The van der Waals surface area contributed by atoms with Crippen molar-refractivity contribution in [3.05, 3.63) is 0 Å². The van der Waals surface area contributed by atoms with Crippen molar-refractivity contribution in [2.75, 3.05) is 0 Å². The van der Waals surface area contributed by atoms with Crippen molar-refractivity contribution in [1.82, 2.24) is 0 Å². The Labute approximate surface area is 108 Å². The molecule has 2 N–H and O–H groups in total. The third kappa shape index (κ3) is 2.86. The van der Waals surface area contributed by atoms with Gasteiger partial charge in [0.05, 0.1) is 0 Å². The molecule has 1 nitrogen and oxygen atoms in total. The van der Waals surface area contributed by atoms with Crippen molar-refractivity contribution in [2.45, 2.75) is 77.7 Å². The van der Waals surface area contributed by atoms with Crippen molar-refractivity contribution in [3.63, 3.8) is 0 Å². The van der Waals surface area contributed by atoms with Crippen molar-refractivity contribution in [1.29, 1.82) is 0 Å². The molecule has 2 fully saturated rings. The van der Waals surface area contributed by atoms with Crippen molar-refractivity contribution in [2.24, 2.45) is 29.4 Å². The van der Waals surface area contributed by atoms with E-state index in [9.17, 15) is 0 Å². The van der Waals surface area contributed by atoms with Gasteiger partial charge in [0.25, 0.3) is 0 Å². The van der Waals surface area contributed by atoms with Crippen LogP contribution < -0.4 is 5.73 Å². The van der Waals surface area contributed by atoms with Gasteiger partial charge in [0, 0.05) is 5.54 Å². The van der Waals surface area contributed by atoms with E-state index in [4.69, 9.17) is 5.73 Å². The molecule has 0 aromatic rings. The highest BCUT2D eigenvalue weighted by molar-refractivity contribution is 4.98. The molecule has 17 heavy (non-hydrogen) atoms. The van der Waals surface area contributed by atoms with E-state index in [0.717, 1.165) is 23.7 Å². The second-order valence-electron chi connectivity index (χ2n) is 7.06. The summed E-state index contributed by atoms with van der Waals surface area (Å²) in [5.41, 5.74) is 6.96. The average molecular weight is 237 g/mol. The molecule has 0 aliphatic heterocycles. The summed E-state index contributed by atoms with van der Waals surface area (Å²) in [4.78, 5) is 0. The van der Waals surface area contributed by atoms with Gasteiger partial charge in [-0.2, -0.15) is 0 Å². The third-order valence-electron chi connectivity index (χ3n) is 5.98. The molecule has 2 saturated carbocycles. The maximum Gasteiger partial charge on any atom is 0.0185 e. The molecule has 100 valence electrons. The fraction of sp³-hybridized carbons (Fsp3) is 1.00. The van der Waals surface area contributed by atoms with E-state index < -0.39 is 0 Å². The van der Waals surface area contributed by atoms with Gasteiger partial charge in [0.1, 0.15) is 0 Å². The minimum absolute atomic E-state index is 0.185. The van der Waals surface area contributed by atoms with Gasteiger partial charge in [-0.1, -0.05) is 40.0 Å². The lowest BCUT2D eigenvalue weighted by atomic mass is 9.62. The first-order valence-electron chi connectivity index (χ1n) is 7.84. The molecule has 1 heteroatoms. The normalized spacial score (nSPS) is 48.0. The second kappa shape index (κ2) is 5.30. The van der Waals surface area contributed by atoms with Gasteiger partial charge in [0.15, 0.2) is 0 Å². The smallest absolute Gasteiger partial charge is 0.0185 e. The van der Waals surface area contributed by atoms with Crippen LogP contribution in [0.25, 0.3) is 0 Å². The highest BCUT2D eigenvalue weighted by atomic mass is 14.8. The van der Waals surface area contributed by atoms with E-state index >= 15 is 0 Å². The van der Waals surface area contributed by atoms with Crippen LogP contribution in [0.3, 0.4) is 0 Å². The van der Waals surface area contributed by atoms with Crippen LogP contribution in [0.2, 0.25) is 0 Å². The van der Waals surface area contributed by atoms with Gasteiger partial charge in [-0.25, -0.2) is 0 Å². The minimum Gasteiger partial charge on any atom is -0.325 e. The monoisotopic (exact) mass is 237 g/mol. The van der Waals surface area contributed by atoms with Gasteiger partial charge < -0.3 is 5.73 Å². The second-order valence-corrected chi connectivity index (χ2v) is 7.06. The summed E-state index contributed by atoms with van der Waals surface area (Å²) in [6.45, 7) is 7.15. The summed E-state index contributed by atoms with van der Waals surface area (Å²) in [7, 11) is 0. The van der Waals surface area contributed by atoms with Crippen LogP contribution in [-0.4, -0.2) is 5.54 Å². The molecule has 2 aliphatic carbocycles. The number of nitrogens with two attached hydrogens (primary N) is 1. The fourth-order valence-electron chi connectivity index (χ4n) is 4.20. The van der Waals surface area contributed by atoms with E-state index in [-0.39, 0.29) is 5.54 Å². The van der Waals surface area contributed by atoms with E-state index in [1.807, 2.05) is 0 Å². The van der Waals surface area contributed by atoms with Gasteiger partial charge in [-0.05, 0) is 55.8 Å². The molecule has 0 amide bonds. The number of rotatable bonds is 2. The summed E-state index contributed by atoms with van der Waals surface area (Å²) in [5.74, 6) is 3.53. The average Bonchev–Trinajstić information content (AvgIpc) is 2.34. The van der Waals surface area contributed by atoms with Crippen LogP contribution in [0.5, 0.6) is 0 Å². The van der Waals surface area contributed by atoms with Gasteiger partial charge in [-0.15, -0.1) is 0 Å². The predicted molar refractivity (Wildman–Crippen MR) is 74.8 cm³/mol. The van der Waals surface area contributed by atoms with Crippen LogP contribution in [0, 0.1) is 23.7 Å². The molecular formula is C16H31N. The molecule has 0 aromatic heterocycles. The molecule has 3 atom stereocenters. The summed E-state index contributed by atoms with van der Waals surface area (Å²) in [6, 6.07) is 0. The highest BCUT2D eigenvalue weighted by Gasteiger charge is 2.41. The molecule has 0 radical (unpaired) electrons. The lowest BCUT2D eigenvalue weighted by Gasteiger charge is -2.47. The predicted octanol–water partition coefficient (Wildman–Crippen LogP) is 4.36. The molecule has 2 rings (SSSR count). The Balaban J connectivity index is 1.93. The van der Waals surface area contributed by atoms with Gasteiger partial charge >= 0.3 is 0 Å². The van der Waals surface area contributed by atoms with Gasteiger partial charge in [-0.3, -0.25) is 0 Å². The molecule has 0 heterocycles. The lowest BCUT2D eigenvalue weighted by molar-refractivity contribution is 0.0862. The zero-order valence-corrected chi connectivity index (χ0v) is 12.0. The van der Waals surface area contributed by atoms with Crippen LogP contribution in [0.15, 0.2) is 0 Å². The maximum atomic E-state index is 6.77. The summed E-state index contributed by atoms with van der Waals surface area (Å²) in [6.07, 6.45) is 10.9. The molecule has 0 bridgehead atoms. The van der Waals surface area contributed by atoms with Crippen LogP contribution in [0.4, 0.5) is 0 Å². The quantitative estimate of drug-likeness (QED) is 0.759. The van der Waals surface area contributed by atoms with E-state index in [1.165, 1.54) is 51.4 Å². The summed E-state index contributed by atoms with van der Waals surface area (Å²) >= 11 is 0. The van der Waals surface area contributed by atoms with E-state index in [1.54, 1.807) is 0 Å². The summed E-state index contributed by atoms with van der Waals surface area (Å²) in [5, 5.41) is 0. The highest BCUT2D eigenvalue weighted by Crippen LogP contribution is 2.44. The fourth-order valence-corrected chi connectivity index (χ4v) is 4.20. The van der Waals surface area contributed by atoms with Crippen molar-refractivity contribution in [3.8, 4) is 0 Å². The first-order chi connectivity index (χ1) is 8.05. The largest absolute Gasteiger partial charge is 0.325 e. The Morgan fingerprint density at radius 1 is 1.00 bits per heavy atom. The van der Waals surface area contributed by atoms with E-state index in [2.05, 4.69) is 20.8 Å². The first-order valence-corrected chi connectivity index (χ1v) is 7.84. The van der Waals surface area contributed by atoms with E-state index in [0.29, 0.717) is 0 Å². The molecule has 2 aliphatic rings. The third-order valence-corrected chi connectivity index (χ3v) is 5.98. The Kier molecular flexibility index (Phi) is 4.18. The van der Waals surface area contributed by atoms with Crippen LogP contribution in [0.1, 0.15) is 72.1 Å². The molecule has 3 unspecified atom stereocenters. The molecular weight excluding hydrogens is 206 g/mol. The molecule has 0 spiro atoms. The number of hydrogen-bond acceptors (Lipinski definition) is 1. The minimum atomic E-state index is 0.185. The summed E-state index contributed by atoms with van der Waals surface area (Å²) < 4.78 is 0. The zero-order chi connectivity index (χ0) is 12.5. The Bertz CT molecular complexity index is 242. The Morgan fingerprint density at radius 3 is 2.18 bits per heavy atom. The Hall–Kier alpha value is -0.0400. The topological polar surface area (TPSA) is 26.0 Å². The zero-order valence-electron chi connectivity index (χ0n) is 12.0. The maximum absolute atomic E-state index is 6.77. The van der Waals surface area contributed by atoms with Gasteiger partial charge in [0.2, 0.25) is 0 Å². The van der Waals surface area contributed by atoms with Crippen molar-refractivity contribution >= 4 is 0 Å². The SMILES string of the molecule is CCC1CCC(C2(N)CCC(C)C(C)C2)CC1. The van der Waals surface area contributed by atoms with Crippen LogP contribution in [-0.2, 0) is 0 Å². The Morgan fingerprint density at radius 2 is 1.65 bits per heavy atom. The van der Waals surface area contributed by atoms with Crippen molar-refractivity contribution < 1.29 is 0 Å². The molecule has 0 aromatic carbocycles.